The number of nitrogens with one attached hydrogen (secondary N) is 1. The summed E-state index contributed by atoms with van der Waals surface area (Å²) < 4.78 is 5.31. The molecule has 0 saturated heterocycles. The third-order valence-corrected chi connectivity index (χ3v) is 3.33. The molecule has 0 aliphatic rings. The van der Waals surface area contributed by atoms with E-state index in [1.807, 2.05) is 12.1 Å². The summed E-state index contributed by atoms with van der Waals surface area (Å²) in [7, 11) is 1.30. The number of carbonyl (C=O) groups is 1. The van der Waals surface area contributed by atoms with E-state index in [4.69, 9.17) is 11.6 Å². The highest BCUT2D eigenvalue weighted by Gasteiger charge is 2.08. The van der Waals surface area contributed by atoms with Gasteiger partial charge in [-0.25, -0.2) is 9.78 Å². The summed E-state index contributed by atoms with van der Waals surface area (Å²) in [6.45, 7) is 0.580. The molecule has 0 aliphatic heterocycles. The summed E-state index contributed by atoms with van der Waals surface area (Å²) in [6.07, 6.45) is 2.90. The molecule has 0 saturated carbocycles. The molecule has 7 heteroatoms. The summed E-state index contributed by atoms with van der Waals surface area (Å²) >= 11 is 7.31. The van der Waals surface area contributed by atoms with E-state index in [0.29, 0.717) is 12.4 Å². The van der Waals surface area contributed by atoms with Crippen molar-refractivity contribution in [2.45, 2.75) is 6.54 Å². The van der Waals surface area contributed by atoms with Gasteiger partial charge in [-0.3, -0.25) is 4.98 Å². The van der Waals surface area contributed by atoms with Gasteiger partial charge >= 0.3 is 5.97 Å². The van der Waals surface area contributed by atoms with Gasteiger partial charge in [-0.2, -0.15) is 0 Å². The van der Waals surface area contributed by atoms with Gasteiger partial charge < -0.3 is 10.1 Å². The highest BCUT2D eigenvalue weighted by molar-refractivity contribution is 7.16. The molecule has 2 aromatic rings. The van der Waals surface area contributed by atoms with Crippen molar-refractivity contribution < 1.29 is 9.53 Å². The van der Waals surface area contributed by atoms with E-state index in [9.17, 15) is 4.79 Å². The molecule has 1 N–H and O–H groups in total. The number of aromatic nitrogens is 2. The van der Waals surface area contributed by atoms with Crippen molar-refractivity contribution in [3.63, 3.8) is 0 Å². The monoisotopic (exact) mass is 283 g/mol. The Balaban J connectivity index is 2.03. The summed E-state index contributed by atoms with van der Waals surface area (Å²) in [6, 6.07) is 3.76. The Hall–Kier alpha value is -1.66. The predicted molar refractivity (Wildman–Crippen MR) is 70.0 cm³/mol. The first-order valence-corrected chi connectivity index (χ1v) is 6.27. The quantitative estimate of drug-likeness (QED) is 0.874. The van der Waals surface area contributed by atoms with Gasteiger partial charge in [-0.15, -0.1) is 11.3 Å². The van der Waals surface area contributed by atoms with E-state index < -0.39 is 5.97 Å². The SMILES string of the molecule is COC(=O)c1cncc(NCc2ccc(Cl)s2)n1. The van der Waals surface area contributed by atoms with Crippen LogP contribution in [0, 0.1) is 0 Å². The van der Waals surface area contributed by atoms with E-state index in [1.165, 1.54) is 24.6 Å². The molecule has 0 fully saturated rings. The normalized spacial score (nSPS) is 10.1. The van der Waals surface area contributed by atoms with E-state index in [2.05, 4.69) is 20.0 Å². The van der Waals surface area contributed by atoms with Gasteiger partial charge in [0.1, 0.15) is 5.82 Å². The molecule has 5 nitrogen and oxygen atoms in total. The number of ether oxygens (including phenoxy) is 1. The van der Waals surface area contributed by atoms with Crippen LogP contribution in [-0.2, 0) is 11.3 Å². The van der Waals surface area contributed by atoms with Crippen molar-refractivity contribution in [1.29, 1.82) is 0 Å². The topological polar surface area (TPSA) is 64.1 Å². The Morgan fingerprint density at radius 1 is 1.50 bits per heavy atom. The first kappa shape index (κ1) is 12.8. The van der Waals surface area contributed by atoms with Crippen LogP contribution in [0.3, 0.4) is 0 Å². The van der Waals surface area contributed by atoms with Crippen LogP contribution in [0.1, 0.15) is 15.4 Å². The maximum absolute atomic E-state index is 11.3. The van der Waals surface area contributed by atoms with Crippen molar-refractivity contribution in [3.8, 4) is 0 Å². The molecule has 0 spiro atoms. The Kier molecular flexibility index (Phi) is 4.11. The number of carbonyl (C=O) groups excluding carboxylic acids is 1. The van der Waals surface area contributed by atoms with E-state index in [1.54, 1.807) is 6.20 Å². The second-order valence-corrected chi connectivity index (χ2v) is 5.14. The number of hydrogen-bond donors (Lipinski definition) is 1. The van der Waals surface area contributed by atoms with Crippen LogP contribution in [-0.4, -0.2) is 23.0 Å². The third kappa shape index (κ3) is 3.18. The molecular formula is C11H10ClN3O2S. The fourth-order valence-electron chi connectivity index (χ4n) is 1.28. The van der Waals surface area contributed by atoms with Crippen molar-refractivity contribution in [1.82, 2.24) is 9.97 Å². The van der Waals surface area contributed by atoms with Gasteiger partial charge in [0, 0.05) is 4.88 Å². The minimum atomic E-state index is -0.509. The summed E-state index contributed by atoms with van der Waals surface area (Å²) in [5.74, 6) is 0.00717. The highest BCUT2D eigenvalue weighted by Crippen LogP contribution is 2.21. The number of methoxy groups -OCH3 is 1. The highest BCUT2D eigenvalue weighted by atomic mass is 35.5. The van der Waals surface area contributed by atoms with Crippen LogP contribution < -0.4 is 5.32 Å². The fraction of sp³-hybridized carbons (Fsp3) is 0.182. The van der Waals surface area contributed by atoms with Gasteiger partial charge in [0.25, 0.3) is 0 Å². The lowest BCUT2D eigenvalue weighted by atomic mass is 10.4. The van der Waals surface area contributed by atoms with Crippen LogP contribution >= 0.6 is 22.9 Å². The zero-order valence-corrected chi connectivity index (χ0v) is 11.1. The molecule has 0 unspecified atom stereocenters. The van der Waals surface area contributed by atoms with Gasteiger partial charge in [0.2, 0.25) is 0 Å². The smallest absolute Gasteiger partial charge is 0.358 e. The largest absolute Gasteiger partial charge is 0.464 e. The molecule has 0 bridgehead atoms. The molecule has 94 valence electrons. The van der Waals surface area contributed by atoms with Crippen LogP contribution in [0.25, 0.3) is 0 Å². The Labute approximate surface area is 113 Å². The first-order valence-electron chi connectivity index (χ1n) is 5.07. The summed E-state index contributed by atoms with van der Waals surface area (Å²) in [5.41, 5.74) is 0.173. The number of hydrogen-bond acceptors (Lipinski definition) is 6. The minimum absolute atomic E-state index is 0.173. The molecule has 18 heavy (non-hydrogen) atoms. The number of esters is 1. The van der Waals surface area contributed by atoms with Crippen molar-refractivity contribution in [2.75, 3.05) is 12.4 Å². The molecule has 2 aromatic heterocycles. The molecule has 0 radical (unpaired) electrons. The predicted octanol–water partition coefficient (Wildman–Crippen LogP) is 2.59. The zero-order chi connectivity index (χ0) is 13.0. The lowest BCUT2D eigenvalue weighted by molar-refractivity contribution is 0.0593. The average molecular weight is 284 g/mol. The lowest BCUT2D eigenvalue weighted by Gasteiger charge is -2.04. The fourth-order valence-corrected chi connectivity index (χ4v) is 2.31. The second kappa shape index (κ2) is 5.79. The maximum Gasteiger partial charge on any atom is 0.358 e. The van der Waals surface area contributed by atoms with Crippen molar-refractivity contribution >= 4 is 34.7 Å². The molecule has 2 heterocycles. The van der Waals surface area contributed by atoms with Crippen LogP contribution in [0.5, 0.6) is 0 Å². The van der Waals surface area contributed by atoms with E-state index in [-0.39, 0.29) is 5.69 Å². The second-order valence-electron chi connectivity index (χ2n) is 3.34. The van der Waals surface area contributed by atoms with Crippen molar-refractivity contribution in [3.05, 3.63) is 39.4 Å². The molecule has 0 atom stereocenters. The van der Waals surface area contributed by atoms with Crippen LogP contribution in [0.15, 0.2) is 24.5 Å². The molecule has 0 amide bonds. The standard InChI is InChI=1S/C11H10ClN3O2S/c1-17-11(16)8-5-13-6-10(15-8)14-4-7-2-3-9(12)18-7/h2-3,5-6H,4H2,1H3,(H,14,15). The Morgan fingerprint density at radius 2 is 2.33 bits per heavy atom. The Morgan fingerprint density at radius 3 is 3.00 bits per heavy atom. The summed E-state index contributed by atoms with van der Waals surface area (Å²) in [5, 5.41) is 3.06. The van der Waals surface area contributed by atoms with E-state index in [0.717, 1.165) is 9.21 Å². The number of thiophene rings is 1. The zero-order valence-electron chi connectivity index (χ0n) is 9.51. The van der Waals surface area contributed by atoms with Crippen molar-refractivity contribution in [2.24, 2.45) is 0 Å². The minimum Gasteiger partial charge on any atom is -0.464 e. The lowest BCUT2D eigenvalue weighted by Crippen LogP contribution is -2.08. The molecule has 0 aliphatic carbocycles. The average Bonchev–Trinajstić information content (AvgIpc) is 2.81. The number of halogens is 1. The van der Waals surface area contributed by atoms with Gasteiger partial charge in [-0.05, 0) is 12.1 Å². The number of nitrogens with zero attached hydrogens (tertiary/aromatic N) is 2. The van der Waals surface area contributed by atoms with E-state index >= 15 is 0 Å². The third-order valence-electron chi connectivity index (χ3n) is 2.10. The molecular weight excluding hydrogens is 274 g/mol. The maximum atomic E-state index is 11.3. The van der Waals surface area contributed by atoms with Gasteiger partial charge in [0.05, 0.1) is 30.4 Å². The summed E-state index contributed by atoms with van der Waals surface area (Å²) in [4.78, 5) is 20.4. The van der Waals surface area contributed by atoms with Gasteiger partial charge in [-0.1, -0.05) is 11.6 Å². The first-order chi connectivity index (χ1) is 8.69. The number of anilines is 1. The Bertz CT molecular complexity index is 559. The van der Waals surface area contributed by atoms with Crippen LogP contribution in [0.4, 0.5) is 5.82 Å². The molecule has 0 aromatic carbocycles. The van der Waals surface area contributed by atoms with Gasteiger partial charge in [0.15, 0.2) is 5.69 Å². The molecule has 2 rings (SSSR count). The number of rotatable bonds is 4. The van der Waals surface area contributed by atoms with Crippen LogP contribution in [0.2, 0.25) is 4.34 Å².